The highest BCUT2D eigenvalue weighted by atomic mass is 35.5. The van der Waals surface area contributed by atoms with Gasteiger partial charge in [0.2, 0.25) is 0 Å². The summed E-state index contributed by atoms with van der Waals surface area (Å²) in [5.41, 5.74) is -0.0359. The maximum atomic E-state index is 13.7. The van der Waals surface area contributed by atoms with Gasteiger partial charge >= 0.3 is 0 Å². The fraction of sp³-hybridized carbons (Fsp3) is 0.533. The van der Waals surface area contributed by atoms with E-state index < -0.39 is 11.7 Å². The van der Waals surface area contributed by atoms with E-state index in [0.29, 0.717) is 0 Å². The molecule has 1 aliphatic rings. The van der Waals surface area contributed by atoms with Gasteiger partial charge in [-0.2, -0.15) is 0 Å². The lowest BCUT2D eigenvalue weighted by molar-refractivity contribution is 0.0926. The summed E-state index contributed by atoms with van der Waals surface area (Å²) in [4.78, 5) is 12.1. The average Bonchev–Trinajstić information content (AvgIpc) is 2.32. The normalized spacial score (nSPS) is 17.6. The quantitative estimate of drug-likeness (QED) is 0.860. The Labute approximate surface area is 118 Å². The second-order valence-electron chi connectivity index (χ2n) is 5.11. The van der Waals surface area contributed by atoms with Crippen LogP contribution in [-0.2, 0) is 0 Å². The first-order valence-corrected chi connectivity index (χ1v) is 7.31. The number of hydrogen-bond donors (Lipinski definition) is 1. The minimum absolute atomic E-state index is 0.0359. The van der Waals surface area contributed by atoms with Gasteiger partial charge in [0.1, 0.15) is 5.82 Å². The number of carbonyl (C=O) groups excluding carboxylic acids is 1. The van der Waals surface area contributed by atoms with Crippen molar-refractivity contribution in [1.29, 1.82) is 0 Å². The molecule has 2 nitrogen and oxygen atoms in total. The van der Waals surface area contributed by atoms with Gasteiger partial charge in [-0.05, 0) is 25.0 Å². The summed E-state index contributed by atoms with van der Waals surface area (Å²) in [6.45, 7) is 0. The third-order valence-electron chi connectivity index (χ3n) is 3.63. The Balaban J connectivity index is 2.03. The minimum atomic E-state index is -0.559. The Bertz CT molecular complexity index is 422. The second kappa shape index (κ2) is 6.90. The summed E-state index contributed by atoms with van der Waals surface area (Å²) < 4.78 is 13.7. The van der Waals surface area contributed by atoms with Crippen LogP contribution in [0.15, 0.2) is 18.2 Å². The van der Waals surface area contributed by atoms with Gasteiger partial charge in [-0.1, -0.05) is 49.8 Å². The topological polar surface area (TPSA) is 29.1 Å². The van der Waals surface area contributed by atoms with Gasteiger partial charge in [0.15, 0.2) is 0 Å². The number of rotatable bonds is 2. The molecule has 0 aromatic heterocycles. The van der Waals surface area contributed by atoms with Gasteiger partial charge in [-0.25, -0.2) is 4.39 Å². The summed E-state index contributed by atoms with van der Waals surface area (Å²) >= 11 is 5.90. The third-order valence-corrected chi connectivity index (χ3v) is 3.95. The minimum Gasteiger partial charge on any atom is -0.349 e. The van der Waals surface area contributed by atoms with Crippen LogP contribution in [0.5, 0.6) is 0 Å². The fourth-order valence-corrected chi connectivity index (χ4v) is 2.82. The second-order valence-corrected chi connectivity index (χ2v) is 5.52. The Morgan fingerprint density at radius 2 is 1.79 bits per heavy atom. The molecule has 1 N–H and O–H groups in total. The van der Waals surface area contributed by atoms with Crippen LogP contribution in [0.1, 0.15) is 55.3 Å². The van der Waals surface area contributed by atoms with E-state index in [4.69, 9.17) is 11.6 Å². The molecule has 0 bridgehead atoms. The molecule has 104 valence electrons. The lowest BCUT2D eigenvalue weighted by atomic mass is 9.96. The zero-order chi connectivity index (χ0) is 13.7. The van der Waals surface area contributed by atoms with Gasteiger partial charge < -0.3 is 5.32 Å². The first-order chi connectivity index (χ1) is 9.18. The largest absolute Gasteiger partial charge is 0.349 e. The first kappa shape index (κ1) is 14.3. The van der Waals surface area contributed by atoms with Gasteiger partial charge in [0.25, 0.3) is 5.91 Å². The molecule has 4 heteroatoms. The summed E-state index contributed by atoms with van der Waals surface area (Å²) in [6, 6.07) is 4.45. The van der Waals surface area contributed by atoms with Crippen LogP contribution in [-0.4, -0.2) is 11.9 Å². The molecule has 1 amide bonds. The monoisotopic (exact) mass is 283 g/mol. The molecule has 0 saturated heterocycles. The van der Waals surface area contributed by atoms with Gasteiger partial charge in [0, 0.05) is 6.04 Å². The van der Waals surface area contributed by atoms with Crippen molar-refractivity contribution in [2.75, 3.05) is 0 Å². The molecule has 2 rings (SSSR count). The zero-order valence-electron chi connectivity index (χ0n) is 10.9. The third kappa shape index (κ3) is 3.93. The van der Waals surface area contributed by atoms with Crippen molar-refractivity contribution in [3.63, 3.8) is 0 Å². The van der Waals surface area contributed by atoms with Gasteiger partial charge in [-0.15, -0.1) is 0 Å². The van der Waals surface area contributed by atoms with Gasteiger partial charge in [0.05, 0.1) is 10.6 Å². The van der Waals surface area contributed by atoms with E-state index in [-0.39, 0.29) is 16.6 Å². The van der Waals surface area contributed by atoms with Crippen LogP contribution < -0.4 is 5.32 Å². The van der Waals surface area contributed by atoms with Gasteiger partial charge in [-0.3, -0.25) is 4.79 Å². The van der Waals surface area contributed by atoms with Crippen molar-refractivity contribution in [2.45, 2.75) is 51.0 Å². The summed E-state index contributed by atoms with van der Waals surface area (Å²) in [6.07, 6.45) is 7.89. The molecular weight excluding hydrogens is 265 g/mol. The number of nitrogens with one attached hydrogen (secondary N) is 1. The lowest BCUT2D eigenvalue weighted by Gasteiger charge is -2.21. The molecule has 1 aromatic rings. The van der Waals surface area contributed by atoms with Crippen LogP contribution in [0.2, 0.25) is 5.02 Å². The molecular formula is C15H19ClFNO. The van der Waals surface area contributed by atoms with E-state index >= 15 is 0 Å². The standard InChI is InChI=1S/C15H19ClFNO/c16-12-9-6-10-13(17)14(12)15(19)18-11-7-4-2-1-3-5-8-11/h6,9-11H,1-5,7-8H2,(H,18,19). The Kier molecular flexibility index (Phi) is 5.20. The molecule has 0 aliphatic heterocycles. The van der Waals surface area contributed by atoms with Crippen molar-refractivity contribution in [2.24, 2.45) is 0 Å². The smallest absolute Gasteiger partial charge is 0.255 e. The average molecular weight is 284 g/mol. The summed E-state index contributed by atoms with van der Waals surface area (Å²) in [7, 11) is 0. The highest BCUT2D eigenvalue weighted by Crippen LogP contribution is 2.21. The van der Waals surface area contributed by atoms with Crippen LogP contribution in [0.4, 0.5) is 4.39 Å². The van der Waals surface area contributed by atoms with E-state index in [1.165, 1.54) is 37.5 Å². The maximum Gasteiger partial charge on any atom is 0.255 e. The van der Waals surface area contributed by atoms with Crippen molar-refractivity contribution in [1.82, 2.24) is 5.32 Å². The molecule has 1 aromatic carbocycles. The number of carbonyl (C=O) groups is 1. The SMILES string of the molecule is O=C(NC1CCCCCCC1)c1c(F)cccc1Cl. The number of hydrogen-bond acceptors (Lipinski definition) is 1. The lowest BCUT2D eigenvalue weighted by Crippen LogP contribution is -2.35. The first-order valence-electron chi connectivity index (χ1n) is 6.93. The molecule has 0 heterocycles. The van der Waals surface area contributed by atoms with Crippen LogP contribution >= 0.6 is 11.6 Å². The summed E-state index contributed by atoms with van der Waals surface area (Å²) in [5.74, 6) is -0.954. The predicted molar refractivity (Wildman–Crippen MR) is 75.0 cm³/mol. The zero-order valence-corrected chi connectivity index (χ0v) is 11.7. The summed E-state index contributed by atoms with van der Waals surface area (Å²) in [5, 5.41) is 3.09. The maximum absolute atomic E-state index is 13.7. The number of amides is 1. The number of benzene rings is 1. The Morgan fingerprint density at radius 1 is 1.16 bits per heavy atom. The predicted octanol–water partition coefficient (Wildman–Crippen LogP) is 4.32. The molecule has 1 saturated carbocycles. The van der Waals surface area contributed by atoms with E-state index in [9.17, 15) is 9.18 Å². The highest BCUT2D eigenvalue weighted by molar-refractivity contribution is 6.33. The van der Waals surface area contributed by atoms with Crippen LogP contribution in [0.3, 0.4) is 0 Å². The Hall–Kier alpha value is -1.09. The Morgan fingerprint density at radius 3 is 2.42 bits per heavy atom. The molecule has 0 radical (unpaired) electrons. The van der Waals surface area contributed by atoms with E-state index in [2.05, 4.69) is 5.32 Å². The number of halogens is 2. The molecule has 1 fully saturated rings. The van der Waals surface area contributed by atoms with E-state index in [1.54, 1.807) is 0 Å². The fourth-order valence-electron chi connectivity index (χ4n) is 2.57. The van der Waals surface area contributed by atoms with Crippen molar-refractivity contribution in [3.8, 4) is 0 Å². The molecule has 19 heavy (non-hydrogen) atoms. The molecule has 0 unspecified atom stereocenters. The van der Waals surface area contributed by atoms with Crippen LogP contribution in [0, 0.1) is 5.82 Å². The van der Waals surface area contributed by atoms with Crippen molar-refractivity contribution < 1.29 is 9.18 Å². The molecule has 0 atom stereocenters. The van der Waals surface area contributed by atoms with Crippen molar-refractivity contribution >= 4 is 17.5 Å². The van der Waals surface area contributed by atoms with Crippen molar-refractivity contribution in [3.05, 3.63) is 34.6 Å². The van der Waals surface area contributed by atoms with E-state index in [1.807, 2.05) is 0 Å². The molecule has 1 aliphatic carbocycles. The van der Waals surface area contributed by atoms with Crippen LogP contribution in [0.25, 0.3) is 0 Å². The highest BCUT2D eigenvalue weighted by Gasteiger charge is 2.19. The molecule has 0 spiro atoms. The van der Waals surface area contributed by atoms with E-state index in [0.717, 1.165) is 25.7 Å².